The molecule has 2 N–H and O–H groups in total. The molecule has 1 fully saturated rings. The summed E-state index contributed by atoms with van der Waals surface area (Å²) in [7, 11) is -3.64. The van der Waals surface area contributed by atoms with Crippen LogP contribution in [0.4, 0.5) is 5.69 Å². The Morgan fingerprint density at radius 2 is 1.88 bits per heavy atom. The van der Waals surface area contributed by atoms with Crippen molar-refractivity contribution >= 4 is 45.0 Å². The van der Waals surface area contributed by atoms with E-state index in [1.54, 1.807) is 30.0 Å². The van der Waals surface area contributed by atoms with Gasteiger partial charge in [-0.15, -0.1) is 11.8 Å². The van der Waals surface area contributed by atoms with Gasteiger partial charge >= 0.3 is 0 Å². The number of amides is 1. The van der Waals surface area contributed by atoms with Crippen molar-refractivity contribution in [2.24, 2.45) is 11.8 Å². The highest BCUT2D eigenvalue weighted by molar-refractivity contribution is 7.99. The normalized spacial score (nSPS) is 20.4. The molecule has 32 heavy (non-hydrogen) atoms. The number of rotatable bonds is 6. The molecule has 2 aliphatic rings. The SMILES string of the molecule is C[C@H]1CSc2ccc(S(=O)(=O)NCC3CCN(Cc4ccc(Cl)cc4)CC3)cc2NC1=O. The number of likely N-dealkylation sites (tertiary alicyclic amines) is 1. The van der Waals surface area contributed by atoms with Crippen molar-refractivity contribution in [1.29, 1.82) is 0 Å². The number of hydrogen-bond acceptors (Lipinski definition) is 5. The highest BCUT2D eigenvalue weighted by atomic mass is 35.5. The third kappa shape index (κ3) is 5.85. The van der Waals surface area contributed by atoms with Gasteiger partial charge in [-0.25, -0.2) is 13.1 Å². The van der Waals surface area contributed by atoms with Crippen molar-refractivity contribution in [2.75, 3.05) is 30.7 Å². The smallest absolute Gasteiger partial charge is 0.240 e. The van der Waals surface area contributed by atoms with Gasteiger partial charge < -0.3 is 5.32 Å². The number of anilines is 1. The number of carbonyl (C=O) groups excluding carboxylic acids is 1. The van der Waals surface area contributed by atoms with Crippen LogP contribution in [0.3, 0.4) is 0 Å². The van der Waals surface area contributed by atoms with Crippen LogP contribution in [0.15, 0.2) is 52.3 Å². The van der Waals surface area contributed by atoms with Gasteiger partial charge in [0.25, 0.3) is 0 Å². The number of nitrogens with zero attached hydrogens (tertiary/aromatic N) is 1. The number of piperidine rings is 1. The Balaban J connectivity index is 1.31. The van der Waals surface area contributed by atoms with Crippen molar-refractivity contribution in [3.63, 3.8) is 0 Å². The fourth-order valence-electron chi connectivity index (χ4n) is 3.95. The van der Waals surface area contributed by atoms with E-state index in [4.69, 9.17) is 11.6 Å². The Kier molecular flexibility index (Phi) is 7.47. The summed E-state index contributed by atoms with van der Waals surface area (Å²) in [5, 5.41) is 3.59. The first-order valence-corrected chi connectivity index (χ1v) is 13.7. The van der Waals surface area contributed by atoms with Crippen LogP contribution < -0.4 is 10.0 Å². The van der Waals surface area contributed by atoms with Gasteiger partial charge in [-0.1, -0.05) is 30.7 Å². The Labute approximate surface area is 199 Å². The van der Waals surface area contributed by atoms with E-state index in [9.17, 15) is 13.2 Å². The molecule has 1 atom stereocenters. The number of benzene rings is 2. The van der Waals surface area contributed by atoms with Crippen LogP contribution in [0, 0.1) is 11.8 Å². The molecule has 0 aromatic heterocycles. The summed E-state index contributed by atoms with van der Waals surface area (Å²) in [6.07, 6.45) is 1.90. The molecule has 2 aromatic rings. The molecule has 2 aliphatic heterocycles. The number of fused-ring (bicyclic) bond motifs is 1. The minimum Gasteiger partial charge on any atom is -0.325 e. The zero-order valence-electron chi connectivity index (χ0n) is 18.0. The molecular formula is C23H28ClN3O3S2. The quantitative estimate of drug-likeness (QED) is 0.630. The largest absolute Gasteiger partial charge is 0.325 e. The van der Waals surface area contributed by atoms with E-state index in [1.165, 1.54) is 5.56 Å². The molecule has 0 saturated carbocycles. The minimum atomic E-state index is -3.64. The first-order chi connectivity index (χ1) is 15.3. The first-order valence-electron chi connectivity index (χ1n) is 10.8. The van der Waals surface area contributed by atoms with Crippen LogP contribution in [-0.4, -0.2) is 44.6 Å². The van der Waals surface area contributed by atoms with Crippen molar-refractivity contribution < 1.29 is 13.2 Å². The van der Waals surface area contributed by atoms with Crippen LogP contribution in [0.1, 0.15) is 25.3 Å². The number of nitrogens with one attached hydrogen (secondary N) is 2. The van der Waals surface area contributed by atoms with E-state index in [-0.39, 0.29) is 16.7 Å². The van der Waals surface area contributed by atoms with E-state index in [0.717, 1.165) is 42.4 Å². The number of halogens is 1. The van der Waals surface area contributed by atoms with Gasteiger partial charge in [-0.05, 0) is 67.7 Å². The van der Waals surface area contributed by atoms with Crippen molar-refractivity contribution in [3.8, 4) is 0 Å². The summed E-state index contributed by atoms with van der Waals surface area (Å²) in [5.41, 5.74) is 1.80. The summed E-state index contributed by atoms with van der Waals surface area (Å²) in [6, 6.07) is 12.9. The van der Waals surface area contributed by atoms with E-state index in [0.29, 0.717) is 23.9 Å². The van der Waals surface area contributed by atoms with Gasteiger partial charge in [0, 0.05) is 34.7 Å². The van der Waals surface area contributed by atoms with Crippen LogP contribution in [0.5, 0.6) is 0 Å². The van der Waals surface area contributed by atoms with Crippen LogP contribution in [0.2, 0.25) is 5.02 Å². The molecule has 4 rings (SSSR count). The summed E-state index contributed by atoms with van der Waals surface area (Å²) in [4.78, 5) is 15.6. The lowest BCUT2D eigenvalue weighted by Crippen LogP contribution is -2.38. The molecule has 2 heterocycles. The van der Waals surface area contributed by atoms with Gasteiger partial charge in [0.1, 0.15) is 0 Å². The summed E-state index contributed by atoms with van der Waals surface area (Å²) >= 11 is 7.52. The second kappa shape index (κ2) is 10.1. The van der Waals surface area contributed by atoms with Crippen LogP contribution >= 0.6 is 23.4 Å². The predicted molar refractivity (Wildman–Crippen MR) is 130 cm³/mol. The van der Waals surface area contributed by atoms with E-state index in [2.05, 4.69) is 14.9 Å². The van der Waals surface area contributed by atoms with Gasteiger partial charge in [0.15, 0.2) is 0 Å². The topological polar surface area (TPSA) is 78.5 Å². The van der Waals surface area contributed by atoms with Gasteiger partial charge in [0.05, 0.1) is 10.6 Å². The molecule has 1 saturated heterocycles. The molecular weight excluding hydrogens is 466 g/mol. The Morgan fingerprint density at radius 1 is 1.16 bits per heavy atom. The highest BCUT2D eigenvalue weighted by Gasteiger charge is 2.25. The molecule has 172 valence electrons. The maximum atomic E-state index is 12.9. The highest BCUT2D eigenvalue weighted by Crippen LogP contribution is 2.34. The fourth-order valence-corrected chi connectivity index (χ4v) is 6.23. The average molecular weight is 494 g/mol. The van der Waals surface area contributed by atoms with Crippen molar-refractivity contribution in [3.05, 3.63) is 53.1 Å². The first kappa shape index (κ1) is 23.6. The van der Waals surface area contributed by atoms with E-state index in [1.807, 2.05) is 31.2 Å². The summed E-state index contributed by atoms with van der Waals surface area (Å²) < 4.78 is 28.5. The van der Waals surface area contributed by atoms with E-state index < -0.39 is 10.0 Å². The predicted octanol–water partition coefficient (Wildman–Crippen LogP) is 4.21. The lowest BCUT2D eigenvalue weighted by Gasteiger charge is -2.32. The van der Waals surface area contributed by atoms with Crippen molar-refractivity contribution in [2.45, 2.75) is 36.1 Å². The van der Waals surface area contributed by atoms with Gasteiger partial charge in [0.2, 0.25) is 15.9 Å². The molecule has 0 spiro atoms. The fraction of sp³-hybridized carbons (Fsp3) is 0.435. The standard InChI is InChI=1S/C23H28ClN3O3S2/c1-16-15-31-22-7-6-20(12-21(22)26-23(16)28)32(29,30)25-13-17-8-10-27(11-9-17)14-18-2-4-19(24)5-3-18/h2-7,12,16-17,25H,8-11,13-15H2,1H3,(H,26,28)/t16-/m0/s1. The van der Waals surface area contributed by atoms with Crippen LogP contribution in [-0.2, 0) is 21.4 Å². The molecule has 0 unspecified atom stereocenters. The molecule has 0 bridgehead atoms. The maximum absolute atomic E-state index is 12.9. The van der Waals surface area contributed by atoms with E-state index >= 15 is 0 Å². The third-order valence-electron chi connectivity index (χ3n) is 6.04. The Bertz CT molecular complexity index is 1070. The average Bonchev–Trinajstić information content (AvgIpc) is 2.92. The maximum Gasteiger partial charge on any atom is 0.240 e. The molecule has 0 radical (unpaired) electrons. The number of thioether (sulfide) groups is 1. The zero-order valence-corrected chi connectivity index (χ0v) is 20.4. The van der Waals surface area contributed by atoms with Gasteiger partial charge in [-0.3, -0.25) is 9.69 Å². The molecule has 2 aromatic carbocycles. The summed E-state index contributed by atoms with van der Waals surface area (Å²) in [6.45, 7) is 5.05. The second-order valence-corrected chi connectivity index (χ2v) is 11.8. The molecule has 0 aliphatic carbocycles. The zero-order chi connectivity index (χ0) is 22.7. The monoisotopic (exact) mass is 493 g/mol. The Hall–Kier alpha value is -1.58. The Morgan fingerprint density at radius 3 is 2.59 bits per heavy atom. The van der Waals surface area contributed by atoms with Crippen LogP contribution in [0.25, 0.3) is 0 Å². The number of sulfonamides is 1. The second-order valence-electron chi connectivity index (χ2n) is 8.56. The molecule has 6 nitrogen and oxygen atoms in total. The van der Waals surface area contributed by atoms with Gasteiger partial charge in [-0.2, -0.15) is 0 Å². The lowest BCUT2D eigenvalue weighted by molar-refractivity contribution is -0.118. The number of carbonyl (C=O) groups is 1. The minimum absolute atomic E-state index is 0.0795. The molecule has 1 amide bonds. The molecule has 9 heteroatoms. The third-order valence-corrected chi connectivity index (χ3v) is 9.05. The van der Waals surface area contributed by atoms with Crippen molar-refractivity contribution in [1.82, 2.24) is 9.62 Å². The lowest BCUT2D eigenvalue weighted by atomic mass is 9.97. The number of hydrogen-bond donors (Lipinski definition) is 2. The summed E-state index contributed by atoms with van der Waals surface area (Å²) in [5.74, 6) is 0.795.